The van der Waals surface area contributed by atoms with E-state index in [0.29, 0.717) is 34.3 Å². The van der Waals surface area contributed by atoms with Crippen LogP contribution >= 0.6 is 0 Å². The summed E-state index contributed by atoms with van der Waals surface area (Å²) in [5.41, 5.74) is 2.39. The molecule has 27 heavy (non-hydrogen) atoms. The summed E-state index contributed by atoms with van der Waals surface area (Å²) >= 11 is 0. The van der Waals surface area contributed by atoms with E-state index in [1.54, 1.807) is 38.3 Å². The van der Waals surface area contributed by atoms with Gasteiger partial charge in [-0.1, -0.05) is 24.3 Å². The number of ether oxygens (including phenoxy) is 1. The zero-order valence-electron chi connectivity index (χ0n) is 15.4. The molecule has 1 aromatic heterocycles. The van der Waals surface area contributed by atoms with Crippen molar-refractivity contribution in [2.45, 2.75) is 20.3 Å². The Morgan fingerprint density at radius 2 is 1.93 bits per heavy atom. The van der Waals surface area contributed by atoms with Gasteiger partial charge in [0.25, 0.3) is 0 Å². The molecule has 0 aliphatic rings. The van der Waals surface area contributed by atoms with Crippen molar-refractivity contribution in [3.63, 3.8) is 0 Å². The lowest BCUT2D eigenvalue weighted by molar-refractivity contribution is -0.115. The molecule has 0 atom stereocenters. The standard InChI is InChI=1S/C21H20N2O4/c1-13(24)15-7-6-8-16(11-15)22-20(25)12-18-14(2)27-21(23-18)17-9-4-5-10-19(17)26-3/h4-11H,12H2,1-3H3,(H,22,25). The number of methoxy groups -OCH3 is 1. The molecule has 0 saturated heterocycles. The number of anilines is 1. The molecular weight excluding hydrogens is 344 g/mol. The molecular formula is C21H20N2O4. The maximum absolute atomic E-state index is 12.4. The van der Waals surface area contributed by atoms with Gasteiger partial charge in [-0.3, -0.25) is 9.59 Å². The van der Waals surface area contributed by atoms with Crippen LogP contribution < -0.4 is 10.1 Å². The number of nitrogens with zero attached hydrogens (tertiary/aromatic N) is 1. The van der Waals surface area contributed by atoms with E-state index in [2.05, 4.69) is 10.3 Å². The number of hydrogen-bond acceptors (Lipinski definition) is 5. The maximum Gasteiger partial charge on any atom is 0.230 e. The smallest absolute Gasteiger partial charge is 0.230 e. The number of para-hydroxylation sites is 1. The molecule has 1 N–H and O–H groups in total. The van der Waals surface area contributed by atoms with Crippen molar-refractivity contribution >= 4 is 17.4 Å². The van der Waals surface area contributed by atoms with Crippen LogP contribution in [0.15, 0.2) is 52.9 Å². The van der Waals surface area contributed by atoms with Crippen LogP contribution in [-0.2, 0) is 11.2 Å². The number of oxazole rings is 1. The number of carbonyl (C=O) groups excluding carboxylic acids is 2. The van der Waals surface area contributed by atoms with E-state index >= 15 is 0 Å². The Morgan fingerprint density at radius 1 is 1.15 bits per heavy atom. The van der Waals surface area contributed by atoms with Crippen LogP contribution in [0.5, 0.6) is 5.75 Å². The number of hydrogen-bond donors (Lipinski definition) is 1. The zero-order chi connectivity index (χ0) is 19.4. The van der Waals surface area contributed by atoms with Crippen LogP contribution in [0.25, 0.3) is 11.5 Å². The number of ketones is 1. The first-order chi connectivity index (χ1) is 13.0. The van der Waals surface area contributed by atoms with Crippen LogP contribution in [-0.4, -0.2) is 23.8 Å². The minimum Gasteiger partial charge on any atom is -0.496 e. The van der Waals surface area contributed by atoms with Crippen LogP contribution in [0, 0.1) is 6.92 Å². The highest BCUT2D eigenvalue weighted by molar-refractivity contribution is 5.97. The van der Waals surface area contributed by atoms with Gasteiger partial charge in [0.15, 0.2) is 5.78 Å². The fourth-order valence-corrected chi connectivity index (χ4v) is 2.70. The second-order valence-electron chi connectivity index (χ2n) is 6.08. The fraction of sp³-hybridized carbons (Fsp3) is 0.190. The lowest BCUT2D eigenvalue weighted by Gasteiger charge is -2.05. The normalized spacial score (nSPS) is 10.5. The second-order valence-corrected chi connectivity index (χ2v) is 6.08. The summed E-state index contributed by atoms with van der Waals surface area (Å²) in [7, 11) is 1.58. The molecule has 0 bridgehead atoms. The number of amides is 1. The van der Waals surface area contributed by atoms with Gasteiger partial charge in [-0.25, -0.2) is 4.98 Å². The Bertz CT molecular complexity index is 991. The second kappa shape index (κ2) is 7.86. The Kier molecular flexibility index (Phi) is 5.35. The molecule has 0 fully saturated rings. The molecule has 1 amide bonds. The minimum atomic E-state index is -0.237. The van der Waals surface area contributed by atoms with Gasteiger partial charge in [0, 0.05) is 11.3 Å². The third-order valence-electron chi connectivity index (χ3n) is 4.11. The first kappa shape index (κ1) is 18.4. The van der Waals surface area contributed by atoms with Gasteiger partial charge in [-0.15, -0.1) is 0 Å². The van der Waals surface area contributed by atoms with Gasteiger partial charge in [0.2, 0.25) is 11.8 Å². The predicted octanol–water partition coefficient (Wildman–Crippen LogP) is 4.04. The van der Waals surface area contributed by atoms with E-state index in [4.69, 9.17) is 9.15 Å². The molecule has 1 heterocycles. The number of benzene rings is 2. The van der Waals surface area contributed by atoms with E-state index < -0.39 is 0 Å². The Labute approximate surface area is 157 Å². The summed E-state index contributed by atoms with van der Waals surface area (Å²) < 4.78 is 11.1. The van der Waals surface area contributed by atoms with Crippen molar-refractivity contribution in [3.8, 4) is 17.2 Å². The SMILES string of the molecule is COc1ccccc1-c1nc(CC(=O)Nc2cccc(C(C)=O)c2)c(C)o1. The Balaban J connectivity index is 1.76. The van der Waals surface area contributed by atoms with Crippen molar-refractivity contribution in [2.24, 2.45) is 0 Å². The van der Waals surface area contributed by atoms with Gasteiger partial charge in [0.05, 0.1) is 24.8 Å². The number of Topliss-reactive ketones (excluding diaryl/α,β-unsaturated/α-hetero) is 1. The number of nitrogens with one attached hydrogen (secondary N) is 1. The third-order valence-corrected chi connectivity index (χ3v) is 4.11. The van der Waals surface area contributed by atoms with E-state index in [-0.39, 0.29) is 18.1 Å². The van der Waals surface area contributed by atoms with Crippen molar-refractivity contribution in [3.05, 3.63) is 65.5 Å². The molecule has 3 aromatic rings. The van der Waals surface area contributed by atoms with Crippen LogP contribution in [0.3, 0.4) is 0 Å². The summed E-state index contributed by atoms with van der Waals surface area (Å²) in [4.78, 5) is 28.3. The summed E-state index contributed by atoms with van der Waals surface area (Å²) in [6.07, 6.45) is 0.0643. The van der Waals surface area contributed by atoms with Gasteiger partial charge in [-0.05, 0) is 38.1 Å². The highest BCUT2D eigenvalue weighted by Gasteiger charge is 2.17. The number of aryl methyl sites for hydroxylation is 1. The topological polar surface area (TPSA) is 81.4 Å². The molecule has 0 radical (unpaired) electrons. The molecule has 2 aromatic carbocycles. The average Bonchev–Trinajstić information content (AvgIpc) is 3.02. The first-order valence-electron chi connectivity index (χ1n) is 8.48. The summed E-state index contributed by atoms with van der Waals surface area (Å²) in [5, 5.41) is 2.79. The fourth-order valence-electron chi connectivity index (χ4n) is 2.70. The summed E-state index contributed by atoms with van der Waals surface area (Å²) in [6, 6.07) is 14.2. The maximum atomic E-state index is 12.4. The third kappa shape index (κ3) is 4.23. The van der Waals surface area contributed by atoms with Gasteiger partial charge < -0.3 is 14.5 Å². The van der Waals surface area contributed by atoms with E-state index in [1.165, 1.54) is 6.92 Å². The summed E-state index contributed by atoms with van der Waals surface area (Å²) in [5.74, 6) is 1.34. The lowest BCUT2D eigenvalue weighted by Crippen LogP contribution is -2.15. The predicted molar refractivity (Wildman–Crippen MR) is 102 cm³/mol. The Hall–Kier alpha value is -3.41. The van der Waals surface area contributed by atoms with Crippen LogP contribution in [0.1, 0.15) is 28.7 Å². The highest BCUT2D eigenvalue weighted by atomic mass is 16.5. The molecule has 3 rings (SSSR count). The molecule has 138 valence electrons. The van der Waals surface area contributed by atoms with E-state index in [0.717, 1.165) is 5.56 Å². The molecule has 0 unspecified atom stereocenters. The molecule has 6 heteroatoms. The molecule has 0 spiro atoms. The van der Waals surface area contributed by atoms with Gasteiger partial charge in [0.1, 0.15) is 11.5 Å². The van der Waals surface area contributed by atoms with Gasteiger partial charge in [-0.2, -0.15) is 0 Å². The first-order valence-corrected chi connectivity index (χ1v) is 8.48. The van der Waals surface area contributed by atoms with Crippen molar-refractivity contribution in [2.75, 3.05) is 12.4 Å². The largest absolute Gasteiger partial charge is 0.496 e. The zero-order valence-corrected chi connectivity index (χ0v) is 15.4. The van der Waals surface area contributed by atoms with Crippen LogP contribution in [0.2, 0.25) is 0 Å². The van der Waals surface area contributed by atoms with E-state index in [1.807, 2.05) is 24.3 Å². The van der Waals surface area contributed by atoms with Crippen LogP contribution in [0.4, 0.5) is 5.69 Å². The van der Waals surface area contributed by atoms with Crippen molar-refractivity contribution in [1.29, 1.82) is 0 Å². The minimum absolute atomic E-state index is 0.0557. The van der Waals surface area contributed by atoms with Crippen molar-refractivity contribution in [1.82, 2.24) is 4.98 Å². The quantitative estimate of drug-likeness (QED) is 0.668. The lowest BCUT2D eigenvalue weighted by atomic mass is 10.1. The average molecular weight is 364 g/mol. The number of aromatic nitrogens is 1. The molecule has 0 saturated carbocycles. The molecule has 0 aliphatic carbocycles. The molecule has 0 aliphatic heterocycles. The summed E-state index contributed by atoms with van der Waals surface area (Å²) in [6.45, 7) is 3.25. The van der Waals surface area contributed by atoms with Crippen molar-refractivity contribution < 1.29 is 18.7 Å². The van der Waals surface area contributed by atoms with Gasteiger partial charge >= 0.3 is 0 Å². The van der Waals surface area contributed by atoms with E-state index in [9.17, 15) is 9.59 Å². The highest BCUT2D eigenvalue weighted by Crippen LogP contribution is 2.30. The number of carbonyl (C=O) groups is 2. The number of rotatable bonds is 6. The monoisotopic (exact) mass is 364 g/mol. The Morgan fingerprint density at radius 3 is 2.67 bits per heavy atom. The molecule has 6 nitrogen and oxygen atoms in total.